The molecule has 0 heterocycles. The zero-order valence-electron chi connectivity index (χ0n) is 18.8. The molecule has 0 fully saturated rings. The lowest BCUT2D eigenvalue weighted by molar-refractivity contribution is -0.142. The van der Waals surface area contributed by atoms with Crippen LogP contribution >= 0.6 is 0 Å². The van der Waals surface area contributed by atoms with Gasteiger partial charge < -0.3 is 9.47 Å². The molecule has 0 aliphatic carbocycles. The summed E-state index contributed by atoms with van der Waals surface area (Å²) in [5.41, 5.74) is 4.62. The predicted molar refractivity (Wildman–Crippen MR) is 118 cm³/mol. The van der Waals surface area contributed by atoms with Crippen molar-refractivity contribution in [1.82, 2.24) is 4.72 Å². The summed E-state index contributed by atoms with van der Waals surface area (Å²) in [5, 5.41) is 0. The summed E-state index contributed by atoms with van der Waals surface area (Å²) in [6.45, 7) is 8.74. The maximum Gasteiger partial charge on any atom is 0.307 e. The average Bonchev–Trinajstić information content (AvgIpc) is 2.74. The van der Waals surface area contributed by atoms with E-state index in [0.717, 1.165) is 16.7 Å². The minimum atomic E-state index is -3.80. The van der Waals surface area contributed by atoms with Gasteiger partial charge in [-0.05, 0) is 74.6 Å². The third-order valence-electron chi connectivity index (χ3n) is 5.59. The Bertz CT molecular complexity index is 1080. The number of hydrogen-bond acceptors (Lipinski definition) is 6. The van der Waals surface area contributed by atoms with Crippen LogP contribution in [0, 0.1) is 34.6 Å². The number of Topliss-reactive ketones (excluding diaryl/α,β-unsaturated/α-hetero) is 1. The molecule has 1 N–H and O–H groups in total. The Morgan fingerprint density at radius 1 is 0.903 bits per heavy atom. The van der Waals surface area contributed by atoms with Crippen LogP contribution in [-0.4, -0.2) is 40.4 Å². The smallest absolute Gasteiger partial charge is 0.307 e. The van der Waals surface area contributed by atoms with Crippen molar-refractivity contribution in [2.24, 2.45) is 0 Å². The highest BCUT2D eigenvalue weighted by molar-refractivity contribution is 7.89. The van der Waals surface area contributed by atoms with Crippen LogP contribution in [0.5, 0.6) is 5.75 Å². The molecule has 0 aliphatic heterocycles. The predicted octanol–water partition coefficient (Wildman–Crippen LogP) is 3.33. The van der Waals surface area contributed by atoms with E-state index in [1.165, 1.54) is 7.11 Å². The summed E-state index contributed by atoms with van der Waals surface area (Å²) in [6, 6.07) is 6.64. The summed E-state index contributed by atoms with van der Waals surface area (Å²) in [6.07, 6.45) is -0.194. The van der Waals surface area contributed by atoms with Crippen molar-refractivity contribution < 1.29 is 27.5 Å². The van der Waals surface area contributed by atoms with Gasteiger partial charge in [-0.1, -0.05) is 12.1 Å². The Hall–Kier alpha value is -2.71. The second kappa shape index (κ2) is 10.1. The fraction of sp³-hybridized carbons (Fsp3) is 0.391. The minimum Gasteiger partial charge on any atom is -0.496 e. The third kappa shape index (κ3) is 5.51. The average molecular weight is 448 g/mol. The fourth-order valence-corrected chi connectivity index (χ4v) is 5.03. The van der Waals surface area contributed by atoms with Crippen molar-refractivity contribution in [2.75, 3.05) is 20.3 Å². The number of methoxy groups -OCH3 is 1. The number of rotatable bonds is 9. The van der Waals surface area contributed by atoms with E-state index in [9.17, 15) is 18.0 Å². The standard InChI is InChI=1S/C23H29NO6S/c1-14-15(2)17(4)23(18(5)16(14)3)31(27,28)24-12-11-22(26)30-13-20(25)19-9-7-8-10-21(19)29-6/h7-10,24H,11-13H2,1-6H3. The van der Waals surface area contributed by atoms with Gasteiger partial charge in [-0.2, -0.15) is 0 Å². The van der Waals surface area contributed by atoms with Crippen LogP contribution in [0.2, 0.25) is 0 Å². The maximum absolute atomic E-state index is 12.9. The third-order valence-corrected chi connectivity index (χ3v) is 7.33. The van der Waals surface area contributed by atoms with Crippen LogP contribution in [0.1, 0.15) is 44.6 Å². The van der Waals surface area contributed by atoms with Crippen molar-refractivity contribution in [3.05, 3.63) is 57.6 Å². The summed E-state index contributed by atoms with van der Waals surface area (Å²) < 4.78 is 38.3. The van der Waals surface area contributed by atoms with Gasteiger partial charge in [0.2, 0.25) is 15.8 Å². The topological polar surface area (TPSA) is 98.8 Å². The number of carbonyl (C=O) groups excluding carboxylic acids is 2. The van der Waals surface area contributed by atoms with E-state index in [1.54, 1.807) is 38.1 Å². The van der Waals surface area contributed by atoms with Gasteiger partial charge in [-0.25, -0.2) is 13.1 Å². The molecule has 0 radical (unpaired) electrons. The molecule has 2 aromatic carbocycles. The molecular weight excluding hydrogens is 418 g/mol. The largest absolute Gasteiger partial charge is 0.496 e. The summed E-state index contributed by atoms with van der Waals surface area (Å²) in [5.74, 6) is -0.676. The molecule has 0 aromatic heterocycles. The second-order valence-corrected chi connectivity index (χ2v) is 9.09. The molecule has 31 heavy (non-hydrogen) atoms. The highest BCUT2D eigenvalue weighted by Crippen LogP contribution is 2.29. The van der Waals surface area contributed by atoms with Crippen molar-refractivity contribution in [1.29, 1.82) is 0 Å². The summed E-state index contributed by atoms with van der Waals surface area (Å²) in [4.78, 5) is 24.5. The monoisotopic (exact) mass is 447 g/mol. The molecule has 0 spiro atoms. The van der Waals surface area contributed by atoms with Gasteiger partial charge in [0.1, 0.15) is 5.75 Å². The number of hydrogen-bond donors (Lipinski definition) is 1. The summed E-state index contributed by atoms with van der Waals surface area (Å²) in [7, 11) is -2.35. The SMILES string of the molecule is COc1ccccc1C(=O)COC(=O)CCNS(=O)(=O)c1c(C)c(C)c(C)c(C)c1C. The molecule has 0 unspecified atom stereocenters. The van der Waals surface area contributed by atoms with Gasteiger partial charge in [0.15, 0.2) is 6.61 Å². The van der Waals surface area contributed by atoms with Crippen LogP contribution in [0.4, 0.5) is 0 Å². The molecule has 2 aromatic rings. The molecule has 8 heteroatoms. The van der Waals surface area contributed by atoms with E-state index >= 15 is 0 Å². The Morgan fingerprint density at radius 3 is 2.03 bits per heavy atom. The molecule has 7 nitrogen and oxygen atoms in total. The molecule has 2 rings (SSSR count). The van der Waals surface area contributed by atoms with Crippen LogP contribution in [0.15, 0.2) is 29.2 Å². The van der Waals surface area contributed by atoms with Crippen molar-refractivity contribution in [2.45, 2.75) is 45.9 Å². The van der Waals surface area contributed by atoms with Gasteiger partial charge >= 0.3 is 5.97 Å². The van der Waals surface area contributed by atoms with E-state index in [-0.39, 0.29) is 17.9 Å². The highest BCUT2D eigenvalue weighted by Gasteiger charge is 2.23. The number of sulfonamides is 1. The lowest BCUT2D eigenvalue weighted by Crippen LogP contribution is -2.29. The Morgan fingerprint density at radius 2 is 1.45 bits per heavy atom. The van der Waals surface area contributed by atoms with Gasteiger partial charge in [0.05, 0.1) is 24.0 Å². The van der Waals surface area contributed by atoms with Crippen LogP contribution in [0.3, 0.4) is 0 Å². The van der Waals surface area contributed by atoms with Crippen molar-refractivity contribution in [3.63, 3.8) is 0 Å². The molecule has 0 saturated heterocycles. The number of carbonyl (C=O) groups is 2. The zero-order valence-corrected chi connectivity index (χ0v) is 19.6. The fourth-order valence-electron chi connectivity index (χ4n) is 3.40. The van der Waals surface area contributed by atoms with Gasteiger partial charge in [-0.3, -0.25) is 9.59 Å². The van der Waals surface area contributed by atoms with Crippen LogP contribution in [0.25, 0.3) is 0 Å². The Labute approximate surface area is 183 Å². The normalized spacial score (nSPS) is 11.3. The molecule has 168 valence electrons. The highest BCUT2D eigenvalue weighted by atomic mass is 32.2. The minimum absolute atomic E-state index is 0.130. The Balaban J connectivity index is 1.97. The zero-order chi connectivity index (χ0) is 23.3. The molecule has 0 bridgehead atoms. The van der Waals surface area contributed by atoms with Gasteiger partial charge in [0.25, 0.3) is 0 Å². The molecule has 0 amide bonds. The van der Waals surface area contributed by atoms with Crippen molar-refractivity contribution >= 4 is 21.8 Å². The quantitative estimate of drug-likeness (QED) is 0.468. The molecule has 0 aliphatic rings. The first-order valence-corrected chi connectivity index (χ1v) is 11.4. The van der Waals surface area contributed by atoms with E-state index in [2.05, 4.69) is 4.72 Å². The number of esters is 1. The number of ether oxygens (including phenoxy) is 2. The molecule has 0 atom stereocenters. The van der Waals surface area contributed by atoms with Crippen LogP contribution in [-0.2, 0) is 19.6 Å². The first-order valence-electron chi connectivity index (χ1n) is 9.89. The number of ketones is 1. The van der Waals surface area contributed by atoms with Gasteiger partial charge in [0, 0.05) is 6.54 Å². The van der Waals surface area contributed by atoms with E-state index < -0.39 is 28.4 Å². The van der Waals surface area contributed by atoms with E-state index in [1.807, 2.05) is 20.8 Å². The van der Waals surface area contributed by atoms with Crippen LogP contribution < -0.4 is 9.46 Å². The number of benzene rings is 2. The van der Waals surface area contributed by atoms with E-state index in [0.29, 0.717) is 22.4 Å². The first kappa shape index (κ1) is 24.6. The van der Waals surface area contributed by atoms with E-state index in [4.69, 9.17) is 9.47 Å². The van der Waals surface area contributed by atoms with Gasteiger partial charge in [-0.15, -0.1) is 0 Å². The second-order valence-electron chi connectivity index (χ2n) is 7.39. The molecular formula is C23H29NO6S. The number of para-hydroxylation sites is 1. The Kier molecular flexibility index (Phi) is 7.97. The lowest BCUT2D eigenvalue weighted by atomic mass is 9.95. The maximum atomic E-state index is 12.9. The number of nitrogens with one attached hydrogen (secondary N) is 1. The molecule has 0 saturated carbocycles. The van der Waals surface area contributed by atoms with Crippen molar-refractivity contribution in [3.8, 4) is 5.75 Å². The first-order chi connectivity index (χ1) is 14.5. The lowest BCUT2D eigenvalue weighted by Gasteiger charge is -2.19. The summed E-state index contributed by atoms with van der Waals surface area (Å²) >= 11 is 0.